The Bertz CT molecular complexity index is 738. The van der Waals surface area contributed by atoms with Gasteiger partial charge in [-0.15, -0.1) is 0 Å². The number of anilines is 1. The normalized spacial score (nSPS) is 13.0. The summed E-state index contributed by atoms with van der Waals surface area (Å²) < 4.78 is 31.7. The molecule has 0 aromatic carbocycles. The maximum atomic E-state index is 12.2. The fraction of sp³-hybridized carbons (Fsp3) is 0.200. The van der Waals surface area contributed by atoms with Crippen LogP contribution in [0.25, 0.3) is 0 Å². The van der Waals surface area contributed by atoms with E-state index in [0.717, 1.165) is 6.07 Å². The second-order valence-corrected chi connectivity index (χ2v) is 7.03. The van der Waals surface area contributed by atoms with E-state index in [0.29, 0.717) is 17.1 Å². The van der Waals surface area contributed by atoms with Gasteiger partial charge in [0.2, 0.25) is 0 Å². The number of nitrogen functional groups attached to an aromatic ring is 1. The van der Waals surface area contributed by atoms with E-state index in [4.69, 9.17) is 10.3 Å². The average molecular weight is 332 g/mol. The van der Waals surface area contributed by atoms with Gasteiger partial charge >= 0.3 is 5.69 Å². The molecule has 0 aliphatic carbocycles. The number of nitrogens with one attached hydrogen (secondary N) is 2. The lowest BCUT2D eigenvalue weighted by molar-refractivity contribution is -0.383. The lowest BCUT2D eigenvalue weighted by Gasteiger charge is -2.10. The quantitative estimate of drug-likeness (QED) is 0.414. The highest BCUT2D eigenvalue weighted by atomic mass is 32.2. The molecule has 0 saturated carbocycles. The Balaban J connectivity index is 2.29. The predicted octanol–water partition coefficient (Wildman–Crippen LogP) is 1.57. The van der Waals surface area contributed by atoms with Gasteiger partial charge in [-0.05, 0) is 19.1 Å². The highest BCUT2D eigenvalue weighted by Gasteiger charge is 2.27. The van der Waals surface area contributed by atoms with Gasteiger partial charge in [-0.2, -0.15) is 0 Å². The molecule has 0 spiro atoms. The van der Waals surface area contributed by atoms with Crippen LogP contribution in [0.2, 0.25) is 0 Å². The van der Waals surface area contributed by atoms with Gasteiger partial charge in [0.25, 0.3) is 10.0 Å². The van der Waals surface area contributed by atoms with Crippen LogP contribution in [0.3, 0.4) is 0 Å². The van der Waals surface area contributed by atoms with E-state index >= 15 is 0 Å². The summed E-state index contributed by atoms with van der Waals surface area (Å²) in [6, 6.07) is 3.60. The van der Waals surface area contributed by atoms with Gasteiger partial charge in [-0.3, -0.25) is 10.1 Å². The minimum absolute atomic E-state index is 0.0361. The van der Waals surface area contributed by atoms with Crippen molar-refractivity contribution in [3.05, 3.63) is 40.3 Å². The predicted molar refractivity (Wildman–Crippen MR) is 76.2 cm³/mol. The molecular formula is C10H12N4O5S2. The molecule has 9 nitrogen and oxygen atoms in total. The van der Waals surface area contributed by atoms with Gasteiger partial charge in [0.15, 0.2) is 5.00 Å². The maximum Gasteiger partial charge on any atom is 0.306 e. The van der Waals surface area contributed by atoms with Crippen molar-refractivity contribution in [2.24, 2.45) is 5.84 Å². The summed E-state index contributed by atoms with van der Waals surface area (Å²) in [7, 11) is -3.92. The highest BCUT2D eigenvalue weighted by molar-refractivity contribution is 7.91. The number of thiophene rings is 1. The second-order valence-electron chi connectivity index (χ2n) is 4.04. The van der Waals surface area contributed by atoms with Crippen molar-refractivity contribution >= 4 is 32.0 Å². The van der Waals surface area contributed by atoms with Crippen LogP contribution in [0.1, 0.15) is 18.7 Å². The first-order valence-corrected chi connectivity index (χ1v) is 7.95. The summed E-state index contributed by atoms with van der Waals surface area (Å²) in [4.78, 5) is 10.1. The summed E-state index contributed by atoms with van der Waals surface area (Å²) in [6.45, 7) is 1.60. The molecule has 114 valence electrons. The van der Waals surface area contributed by atoms with Crippen LogP contribution in [-0.2, 0) is 10.0 Å². The molecule has 4 N–H and O–H groups in total. The first-order chi connectivity index (χ1) is 9.85. The summed E-state index contributed by atoms with van der Waals surface area (Å²) in [5.41, 5.74) is 1.72. The highest BCUT2D eigenvalue weighted by Crippen LogP contribution is 2.36. The van der Waals surface area contributed by atoms with Crippen LogP contribution < -0.4 is 16.0 Å². The zero-order valence-electron chi connectivity index (χ0n) is 10.8. The summed E-state index contributed by atoms with van der Waals surface area (Å²) >= 11 is 0.675. The molecule has 2 aromatic rings. The van der Waals surface area contributed by atoms with Crippen LogP contribution in [-0.4, -0.2) is 13.3 Å². The first kappa shape index (κ1) is 15.4. The lowest BCUT2D eigenvalue weighted by Crippen LogP contribution is -2.25. The molecule has 11 heteroatoms. The van der Waals surface area contributed by atoms with Crippen molar-refractivity contribution in [2.45, 2.75) is 17.2 Å². The molecule has 0 fully saturated rings. The Hall–Kier alpha value is -1.95. The summed E-state index contributed by atoms with van der Waals surface area (Å²) in [6.07, 6.45) is 1.42. The average Bonchev–Trinajstić information content (AvgIpc) is 3.07. The summed E-state index contributed by atoms with van der Waals surface area (Å²) in [5.74, 6) is 5.58. The van der Waals surface area contributed by atoms with E-state index in [1.165, 1.54) is 6.26 Å². The Morgan fingerprint density at radius 2 is 2.24 bits per heavy atom. The van der Waals surface area contributed by atoms with Crippen molar-refractivity contribution in [1.29, 1.82) is 0 Å². The number of nitro groups is 1. The first-order valence-electron chi connectivity index (χ1n) is 5.65. The SMILES string of the molecule is CC(NS(=O)(=O)c1cc([N+](=O)[O-])c(NN)s1)c1ccco1. The van der Waals surface area contributed by atoms with Crippen LogP contribution in [0, 0.1) is 10.1 Å². The fourth-order valence-electron chi connectivity index (χ4n) is 1.62. The Labute approximate surface area is 123 Å². The van der Waals surface area contributed by atoms with Crippen LogP contribution >= 0.6 is 11.3 Å². The third-order valence-corrected chi connectivity index (χ3v) is 5.65. The van der Waals surface area contributed by atoms with E-state index in [1.54, 1.807) is 19.1 Å². The minimum atomic E-state index is -3.92. The molecule has 0 saturated heterocycles. The molecule has 2 aromatic heterocycles. The third-order valence-electron chi connectivity index (χ3n) is 2.58. The zero-order valence-corrected chi connectivity index (χ0v) is 12.4. The molecule has 21 heavy (non-hydrogen) atoms. The third kappa shape index (κ3) is 3.21. The molecule has 1 unspecified atom stereocenters. The largest absolute Gasteiger partial charge is 0.468 e. The fourth-order valence-corrected chi connectivity index (χ4v) is 4.08. The van der Waals surface area contributed by atoms with E-state index in [1.807, 2.05) is 0 Å². The Morgan fingerprint density at radius 3 is 2.71 bits per heavy atom. The van der Waals surface area contributed by atoms with Crippen LogP contribution in [0.15, 0.2) is 33.1 Å². The number of hydrogen-bond acceptors (Lipinski definition) is 8. The van der Waals surface area contributed by atoms with Crippen molar-refractivity contribution in [1.82, 2.24) is 4.72 Å². The van der Waals surface area contributed by atoms with Gasteiger partial charge in [-0.25, -0.2) is 19.0 Å². The number of hydrogen-bond donors (Lipinski definition) is 3. The van der Waals surface area contributed by atoms with Crippen molar-refractivity contribution < 1.29 is 17.8 Å². The minimum Gasteiger partial charge on any atom is -0.468 e. The van der Waals surface area contributed by atoms with Gasteiger partial charge in [0.1, 0.15) is 9.97 Å². The number of hydrazine groups is 1. The molecule has 0 aliphatic rings. The van der Waals surface area contributed by atoms with Crippen LogP contribution in [0.5, 0.6) is 0 Å². The lowest BCUT2D eigenvalue weighted by atomic mass is 10.3. The van der Waals surface area contributed by atoms with Crippen molar-refractivity contribution in [2.75, 3.05) is 5.43 Å². The zero-order chi connectivity index (χ0) is 15.6. The van der Waals surface area contributed by atoms with Crippen molar-refractivity contribution in [3.8, 4) is 0 Å². The molecule has 1 atom stereocenters. The van der Waals surface area contributed by atoms with Crippen LogP contribution in [0.4, 0.5) is 10.7 Å². The van der Waals surface area contributed by atoms with E-state index < -0.39 is 26.7 Å². The monoisotopic (exact) mass is 332 g/mol. The number of sulfonamides is 1. The second kappa shape index (κ2) is 5.81. The Morgan fingerprint density at radius 1 is 1.52 bits per heavy atom. The molecule has 0 aliphatic heterocycles. The topological polar surface area (TPSA) is 140 Å². The van der Waals surface area contributed by atoms with Gasteiger partial charge in [0.05, 0.1) is 17.2 Å². The Kier molecular flexibility index (Phi) is 4.27. The smallest absolute Gasteiger partial charge is 0.306 e. The number of nitrogens with zero attached hydrogens (tertiary/aromatic N) is 1. The molecule has 2 rings (SSSR count). The summed E-state index contributed by atoms with van der Waals surface area (Å²) in [5, 5.41) is 10.8. The molecular weight excluding hydrogens is 320 g/mol. The standard InChI is InChI=1S/C10H12N4O5S2/c1-6(8-3-2-4-19-8)13-21(17,18)9-5-7(14(15)16)10(12-11)20-9/h2-6,12-13H,11H2,1H3. The molecule has 2 heterocycles. The number of furan rings is 1. The number of nitrogens with two attached hydrogens (primary N) is 1. The van der Waals surface area contributed by atoms with Gasteiger partial charge < -0.3 is 9.84 Å². The van der Waals surface area contributed by atoms with Crippen molar-refractivity contribution in [3.63, 3.8) is 0 Å². The van der Waals surface area contributed by atoms with E-state index in [9.17, 15) is 18.5 Å². The number of rotatable bonds is 6. The van der Waals surface area contributed by atoms with E-state index in [-0.39, 0.29) is 9.21 Å². The van der Waals surface area contributed by atoms with E-state index in [2.05, 4.69) is 10.1 Å². The molecule has 0 amide bonds. The van der Waals surface area contributed by atoms with Gasteiger partial charge in [0, 0.05) is 6.07 Å². The molecule has 0 bridgehead atoms. The van der Waals surface area contributed by atoms with Gasteiger partial charge in [-0.1, -0.05) is 11.3 Å². The molecule has 0 radical (unpaired) electrons. The maximum absolute atomic E-state index is 12.2.